The van der Waals surface area contributed by atoms with Crippen molar-refractivity contribution in [3.05, 3.63) is 47.7 Å². The monoisotopic (exact) mass is 410 g/mol. The van der Waals surface area contributed by atoms with E-state index in [0.717, 1.165) is 29.9 Å². The van der Waals surface area contributed by atoms with E-state index in [1.165, 1.54) is 4.90 Å². The first kappa shape index (κ1) is 16.6. The summed E-state index contributed by atoms with van der Waals surface area (Å²) in [6, 6.07) is 7.83. The number of fused-ring (bicyclic) bond motifs is 6. The predicted octanol–water partition coefficient (Wildman–Crippen LogP) is 2.30. The van der Waals surface area contributed by atoms with Crippen LogP contribution in [0.25, 0.3) is 0 Å². The number of hydrogen-bond acceptors (Lipinski definition) is 10. The average molecular weight is 411 g/mol. The lowest BCUT2D eigenvalue weighted by Crippen LogP contribution is -2.50. The number of benzene rings is 1. The molecule has 1 saturated heterocycles. The van der Waals surface area contributed by atoms with Gasteiger partial charge in [0.05, 0.1) is 11.9 Å². The predicted molar refractivity (Wildman–Crippen MR) is 102 cm³/mol. The highest BCUT2D eigenvalue weighted by molar-refractivity contribution is 6.23. The Balaban J connectivity index is 1.43. The van der Waals surface area contributed by atoms with Gasteiger partial charge in [0, 0.05) is 12.2 Å². The van der Waals surface area contributed by atoms with Crippen LogP contribution in [0.2, 0.25) is 0 Å². The number of hydrazine groups is 1. The van der Waals surface area contributed by atoms with Gasteiger partial charge in [0.25, 0.3) is 11.8 Å². The molecule has 0 bridgehead atoms. The van der Waals surface area contributed by atoms with E-state index >= 15 is 0 Å². The Hall–Kier alpha value is -3.29. The smallest absolute Gasteiger partial charge is 0.287 e. The van der Waals surface area contributed by atoms with Crippen LogP contribution in [0.5, 0.6) is 0 Å². The Morgan fingerprint density at radius 2 is 2.17 bits per heavy atom. The molecule has 2 unspecified atom stereocenters. The largest absolute Gasteiger partial charge is 0.368 e. The van der Waals surface area contributed by atoms with Gasteiger partial charge in [-0.2, -0.15) is 10.2 Å². The van der Waals surface area contributed by atoms with Crippen molar-refractivity contribution in [2.75, 3.05) is 23.2 Å². The number of para-hydroxylation sites is 1. The number of rotatable bonds is 2. The molecule has 11 heteroatoms. The maximum atomic E-state index is 9.48. The fourth-order valence-corrected chi connectivity index (χ4v) is 4.33. The van der Waals surface area contributed by atoms with Crippen LogP contribution in [-0.2, 0) is 4.74 Å². The van der Waals surface area contributed by atoms with Gasteiger partial charge in [0.15, 0.2) is 23.5 Å². The summed E-state index contributed by atoms with van der Waals surface area (Å²) in [7, 11) is 0. The topological polar surface area (TPSA) is 97.3 Å². The molecule has 0 saturated carbocycles. The maximum Gasteiger partial charge on any atom is 0.287 e. The number of nitrogens with zero attached hydrogens (tertiary/aromatic N) is 8. The summed E-state index contributed by atoms with van der Waals surface area (Å²) in [6.45, 7) is 1.02. The highest BCUT2D eigenvalue weighted by Gasteiger charge is 2.47. The minimum absolute atomic E-state index is 0.162. The Kier molecular flexibility index (Phi) is 3.50. The molecule has 4 aliphatic rings. The lowest BCUT2D eigenvalue weighted by Gasteiger charge is -2.40. The Morgan fingerprint density at radius 3 is 3.00 bits per heavy atom. The number of ether oxygens (including phenoxy) is 1. The zero-order chi connectivity index (χ0) is 19.5. The van der Waals surface area contributed by atoms with Crippen LogP contribution in [-0.4, -0.2) is 44.8 Å². The Labute approximate surface area is 170 Å². The maximum absolute atomic E-state index is 9.48. The summed E-state index contributed by atoms with van der Waals surface area (Å²) in [6.07, 6.45) is 5.49. The molecule has 0 aliphatic carbocycles. The molecule has 1 fully saturated rings. The zero-order valence-corrected chi connectivity index (χ0v) is 15.9. The molecule has 2 aromatic rings. The van der Waals surface area contributed by atoms with E-state index in [1.54, 1.807) is 11.2 Å². The molecule has 29 heavy (non-hydrogen) atoms. The van der Waals surface area contributed by atoms with Gasteiger partial charge in [0.1, 0.15) is 12.8 Å². The molecular weight excluding hydrogens is 396 g/mol. The van der Waals surface area contributed by atoms with Crippen molar-refractivity contribution in [3.63, 3.8) is 0 Å². The van der Waals surface area contributed by atoms with Crippen molar-refractivity contribution in [1.82, 2.24) is 20.0 Å². The summed E-state index contributed by atoms with van der Waals surface area (Å²) >= 11 is 6.58. The molecule has 146 valence electrons. The third-order valence-electron chi connectivity index (χ3n) is 5.34. The van der Waals surface area contributed by atoms with Crippen LogP contribution in [0.4, 0.5) is 11.6 Å². The molecule has 6 rings (SSSR count). The van der Waals surface area contributed by atoms with Gasteiger partial charge in [-0.15, -0.1) is 0 Å². The molecule has 5 heterocycles. The van der Waals surface area contributed by atoms with Gasteiger partial charge in [-0.1, -0.05) is 23.7 Å². The number of amidine groups is 1. The molecule has 10 nitrogen and oxygen atoms in total. The number of anilines is 2. The molecule has 4 aliphatic heterocycles. The van der Waals surface area contributed by atoms with Gasteiger partial charge in [0.2, 0.25) is 0 Å². The van der Waals surface area contributed by atoms with E-state index in [4.69, 9.17) is 25.9 Å². The van der Waals surface area contributed by atoms with Crippen LogP contribution < -0.4 is 9.91 Å². The number of hydrogen-bond donors (Lipinski definition) is 0. The molecular formula is C18H15ClN8O2. The highest BCUT2D eigenvalue weighted by atomic mass is 35.5. The summed E-state index contributed by atoms with van der Waals surface area (Å²) in [4.78, 5) is 12.5. The lowest BCUT2D eigenvalue weighted by atomic mass is 10.1. The minimum atomic E-state index is -0.673. The van der Waals surface area contributed by atoms with E-state index in [0.29, 0.717) is 30.9 Å². The minimum Gasteiger partial charge on any atom is -0.368 e. The molecule has 1 aromatic heterocycles. The van der Waals surface area contributed by atoms with Crippen molar-refractivity contribution in [2.45, 2.75) is 24.6 Å². The van der Waals surface area contributed by atoms with E-state index in [2.05, 4.69) is 16.3 Å². The van der Waals surface area contributed by atoms with Crippen LogP contribution in [0, 0.1) is 11.5 Å². The third kappa shape index (κ3) is 2.28. The standard InChI is InChI=1S/C18H15ClN8O2/c19-17-24(9-20)8-14-26(17)12-5-2-1-4-11(12)15-21-10-25(27(14)15)18-22-16(29-23-18)13-6-3-7-28-13/h1-2,4-5,8,13,17H,3,6-7,10H2. The van der Waals surface area contributed by atoms with Crippen molar-refractivity contribution in [1.29, 1.82) is 5.26 Å². The van der Waals surface area contributed by atoms with E-state index in [1.807, 2.05) is 34.2 Å². The quantitative estimate of drug-likeness (QED) is 0.419. The van der Waals surface area contributed by atoms with E-state index in [-0.39, 0.29) is 6.10 Å². The lowest BCUT2D eigenvalue weighted by molar-refractivity contribution is 0.0835. The first-order valence-electron chi connectivity index (χ1n) is 9.26. The number of nitriles is 1. The number of halogens is 1. The molecule has 0 amide bonds. The van der Waals surface area contributed by atoms with Crippen LogP contribution in [0.1, 0.15) is 30.4 Å². The van der Waals surface area contributed by atoms with Gasteiger partial charge in [-0.05, 0) is 30.1 Å². The summed E-state index contributed by atoms with van der Waals surface area (Å²) in [5, 5.41) is 17.3. The van der Waals surface area contributed by atoms with Crippen molar-refractivity contribution in [3.8, 4) is 6.19 Å². The Bertz CT molecular complexity index is 1090. The fourth-order valence-electron chi connectivity index (χ4n) is 4.02. The van der Waals surface area contributed by atoms with Gasteiger partial charge >= 0.3 is 0 Å². The molecule has 0 N–H and O–H groups in total. The van der Waals surface area contributed by atoms with Crippen LogP contribution in [0.15, 0.2) is 45.8 Å². The molecule has 1 aromatic carbocycles. The van der Waals surface area contributed by atoms with Gasteiger partial charge in [-0.3, -0.25) is 4.90 Å². The summed E-state index contributed by atoms with van der Waals surface area (Å²) < 4.78 is 11.1. The second-order valence-corrected chi connectivity index (χ2v) is 7.35. The second-order valence-electron chi connectivity index (χ2n) is 6.96. The fraction of sp³-hybridized carbons (Fsp3) is 0.333. The first-order chi connectivity index (χ1) is 14.3. The SMILES string of the molecule is N#CN1C=C2N(c3ccccc3C3=NCN(c4noc(C5CCCO5)n4)N23)C1Cl. The number of alkyl halides is 1. The van der Waals surface area contributed by atoms with Crippen LogP contribution in [0.3, 0.4) is 0 Å². The molecule has 0 spiro atoms. The highest BCUT2D eigenvalue weighted by Crippen LogP contribution is 2.43. The second kappa shape index (κ2) is 6.10. The Morgan fingerprint density at radius 1 is 1.28 bits per heavy atom. The number of aromatic nitrogens is 2. The normalized spacial score (nSPS) is 24.8. The van der Waals surface area contributed by atoms with Crippen molar-refractivity contribution < 1.29 is 9.26 Å². The van der Waals surface area contributed by atoms with E-state index < -0.39 is 5.62 Å². The third-order valence-corrected chi connectivity index (χ3v) is 5.75. The average Bonchev–Trinajstić information content (AvgIpc) is 3.52. The summed E-state index contributed by atoms with van der Waals surface area (Å²) in [5.74, 6) is 2.30. The van der Waals surface area contributed by atoms with Crippen molar-refractivity contribution in [2.24, 2.45) is 4.99 Å². The van der Waals surface area contributed by atoms with Gasteiger partial charge < -0.3 is 9.26 Å². The van der Waals surface area contributed by atoms with Crippen molar-refractivity contribution >= 4 is 29.1 Å². The van der Waals surface area contributed by atoms with Crippen LogP contribution >= 0.6 is 11.6 Å². The first-order valence-corrected chi connectivity index (χ1v) is 9.70. The molecule has 2 atom stereocenters. The number of aliphatic imine (C=N–C) groups is 1. The van der Waals surface area contributed by atoms with Gasteiger partial charge in [-0.25, -0.2) is 19.9 Å². The van der Waals surface area contributed by atoms with E-state index in [9.17, 15) is 5.26 Å². The zero-order valence-electron chi connectivity index (χ0n) is 15.1. The molecule has 0 radical (unpaired) electrons. The summed E-state index contributed by atoms with van der Waals surface area (Å²) in [5.41, 5.74) is 1.13.